The Hall–Kier alpha value is -7.12. The van der Waals surface area contributed by atoms with Crippen LogP contribution in [0, 0.1) is 0 Å². The van der Waals surface area contributed by atoms with Gasteiger partial charge >= 0.3 is 5.96 Å². The molecule has 91 heavy (non-hydrogen) atoms. The first kappa shape index (κ1) is 69.8. The van der Waals surface area contributed by atoms with E-state index < -0.39 is 234 Å². The molecule has 0 unspecified atom stereocenters. The Bertz CT molecular complexity index is 2920. The number of aliphatic hydroxyl groups is 14. The highest BCUT2D eigenvalue weighted by Crippen LogP contribution is 2.32. The van der Waals surface area contributed by atoms with Crippen molar-refractivity contribution in [2.24, 2.45) is 16.5 Å². The average Bonchev–Trinajstić information content (AvgIpc) is 1.85. The minimum absolute atomic E-state index is 0.0732. The number of rotatable bonds is 17. The number of nitrogens with two attached hydrogens (primary N) is 2. The first-order valence-corrected chi connectivity index (χ1v) is 29.0. The van der Waals surface area contributed by atoms with Gasteiger partial charge in [0.15, 0.2) is 12.2 Å². The Morgan fingerprint density at radius 1 is 0.571 bits per heavy atom. The smallest absolute Gasteiger partial charge is 0.346 e. The quantitative estimate of drug-likeness (QED) is 0.0654. The zero-order chi connectivity index (χ0) is 66.3. The van der Waals surface area contributed by atoms with Gasteiger partial charge < -0.3 is 138 Å². The Balaban J connectivity index is 1.11. The fourth-order valence-corrected chi connectivity index (χ4v) is 11.3. The third kappa shape index (κ3) is 15.7. The van der Waals surface area contributed by atoms with E-state index in [9.17, 15) is 90.7 Å². The number of hydrogen-bond acceptors (Lipinski definition) is 30. The molecule has 37 heteroatoms. The van der Waals surface area contributed by atoms with Crippen LogP contribution in [0.3, 0.4) is 0 Å². The van der Waals surface area contributed by atoms with Gasteiger partial charge in [0, 0.05) is 18.9 Å². The number of nitrogens with zero attached hydrogens (tertiary/aromatic N) is 2. The Morgan fingerprint density at radius 3 is 1.77 bits per heavy atom. The summed E-state index contributed by atoms with van der Waals surface area (Å²) in [5.74, 6) is -8.84. The van der Waals surface area contributed by atoms with Crippen molar-refractivity contribution in [2.75, 3.05) is 46.1 Å². The van der Waals surface area contributed by atoms with Gasteiger partial charge in [-0.1, -0.05) is 49.4 Å². The molecular weight excluding hydrogens is 1220 g/mol. The maximum atomic E-state index is 15.1. The third-order valence-electron chi connectivity index (χ3n) is 16.6. The maximum Gasteiger partial charge on any atom is 0.346 e. The van der Waals surface area contributed by atoms with Gasteiger partial charge in [-0.2, -0.15) is 0 Å². The van der Waals surface area contributed by atoms with E-state index in [-0.39, 0.29) is 29.8 Å². The molecule has 26 N–H and O–H groups in total. The Morgan fingerprint density at radius 2 is 1.14 bits per heavy atom. The molecule has 0 aromatic heterocycles. The average molecular weight is 1300 g/mol. The van der Waals surface area contributed by atoms with Gasteiger partial charge in [0.2, 0.25) is 48.0 Å². The number of aliphatic imine (C=N–C) groups is 1. The lowest BCUT2D eigenvalue weighted by Gasteiger charge is -2.45. The minimum Gasteiger partial charge on any atom is -0.462 e. The van der Waals surface area contributed by atoms with E-state index in [2.05, 4.69) is 47.5 Å². The molecule has 6 amide bonds. The molecule has 0 saturated carbocycles. The molecule has 8 rings (SSSR count). The molecule has 2 aromatic rings. The number of amides is 6. The van der Waals surface area contributed by atoms with E-state index in [1.165, 1.54) is 24.3 Å². The zero-order valence-electron chi connectivity index (χ0n) is 48.6. The molecule has 6 aliphatic rings. The number of carbonyl (C=O) groups is 6. The molecule has 504 valence electrons. The lowest BCUT2D eigenvalue weighted by Crippen LogP contribution is -2.68. The van der Waals surface area contributed by atoms with Crippen LogP contribution in [0.2, 0.25) is 0 Å². The van der Waals surface area contributed by atoms with Gasteiger partial charge in [0.05, 0.1) is 39.0 Å². The molecule has 0 radical (unpaired) electrons. The number of benzene rings is 2. The number of aliphatic hydroxyl groups excluding tert-OH is 14. The van der Waals surface area contributed by atoms with Gasteiger partial charge in [-0.25, -0.2) is 9.57 Å². The van der Waals surface area contributed by atoms with E-state index in [1.54, 1.807) is 37.3 Å². The second kappa shape index (κ2) is 30.5. The molecule has 0 bridgehead atoms. The second-order valence-electron chi connectivity index (χ2n) is 22.6. The van der Waals surface area contributed by atoms with Crippen molar-refractivity contribution in [3.05, 3.63) is 65.7 Å². The molecular formula is C54H79N12O25+. The highest BCUT2D eigenvalue weighted by atomic mass is 16.7. The van der Waals surface area contributed by atoms with Gasteiger partial charge in [-0.15, -0.1) is 0 Å². The predicted octanol–water partition coefficient (Wildman–Crippen LogP) is -14.3. The van der Waals surface area contributed by atoms with Crippen molar-refractivity contribution in [3.8, 4) is 5.75 Å². The van der Waals surface area contributed by atoms with Crippen LogP contribution in [0.5, 0.6) is 5.75 Å². The Kier molecular flexibility index (Phi) is 23.4. The van der Waals surface area contributed by atoms with Crippen LogP contribution in [0.15, 0.2) is 59.6 Å². The highest BCUT2D eigenvalue weighted by Gasteiger charge is 2.55. The summed E-state index contributed by atoms with van der Waals surface area (Å²) in [7, 11) is 0. The van der Waals surface area contributed by atoms with Crippen molar-refractivity contribution < 1.29 is 129 Å². The normalized spacial score (nSPS) is 37.5. The first-order chi connectivity index (χ1) is 43.3. The second-order valence-corrected chi connectivity index (χ2v) is 22.6. The van der Waals surface area contributed by atoms with Crippen LogP contribution in [-0.2, 0) is 54.1 Å². The Labute approximate surface area is 517 Å². The summed E-state index contributed by atoms with van der Waals surface area (Å²) in [6, 6.07) is 0.833. The molecule has 0 aliphatic carbocycles. The van der Waals surface area contributed by atoms with Crippen molar-refractivity contribution >= 4 is 47.4 Å². The van der Waals surface area contributed by atoms with Crippen LogP contribution in [0.1, 0.15) is 24.0 Å². The number of ether oxygens (including phenoxy) is 5. The zero-order valence-corrected chi connectivity index (χ0v) is 48.6. The fourth-order valence-electron chi connectivity index (χ4n) is 11.3. The summed E-state index contributed by atoms with van der Waals surface area (Å²) < 4.78 is 29.2. The monoisotopic (exact) mass is 1300 g/mol. The summed E-state index contributed by atoms with van der Waals surface area (Å²) in [5, 5.41) is 170. The predicted molar refractivity (Wildman–Crippen MR) is 302 cm³/mol. The van der Waals surface area contributed by atoms with E-state index in [0.717, 1.165) is 4.58 Å². The van der Waals surface area contributed by atoms with Crippen LogP contribution < -0.4 is 58.7 Å². The number of carbonyl (C=O) groups excluding carboxylic acids is 6. The number of hydrogen-bond donors (Lipinski definition) is 24. The molecule has 6 heterocycles. The lowest BCUT2D eigenvalue weighted by atomic mass is 9.92. The minimum atomic E-state index is -2.33. The summed E-state index contributed by atoms with van der Waals surface area (Å²) in [4.78, 5) is 91.2. The van der Waals surface area contributed by atoms with Gasteiger partial charge in [-0.3, -0.25) is 39.8 Å². The van der Waals surface area contributed by atoms with Crippen molar-refractivity contribution in [2.45, 2.75) is 166 Å². The fraction of sp³-hybridized carbons (Fsp3) is 0.630. The van der Waals surface area contributed by atoms with E-state index in [1.807, 2.05) is 0 Å². The maximum absolute atomic E-state index is 15.1. The molecule has 6 aliphatic heterocycles. The topological polar surface area (TPSA) is 595 Å². The van der Waals surface area contributed by atoms with Crippen LogP contribution in [0.4, 0.5) is 0 Å². The SMILES string of the molecule is C[C@@H](c1ccccc1)[C@@H]1NC(=O)CNC(=O)[C@H](CO)NC(=O)[C@@H]([C@H](O)[C@@H]2CNC(N)=[N+]2[C@H]2O[C@H](CO)[C@@H](O)[C@H](O)[C@@H]2O)NC(=O)[C@H]([C@H](O)[C@@H]2CNC(N)=N2)NC(=O)[C@@H](Cc2ccc(O[C@H]3O[C@H](CO)[C@@H](O[C@H]4O[C@H](CO)[C@@H](O)[C@H](O)[C@@H]4O)[C@H](O)[C@@H]3O)cc2)NC1=O. The van der Waals surface area contributed by atoms with Gasteiger partial charge in [0.25, 0.3) is 0 Å². The summed E-state index contributed by atoms with van der Waals surface area (Å²) in [6.45, 7) is -3.75. The third-order valence-corrected chi connectivity index (χ3v) is 16.6. The van der Waals surface area contributed by atoms with Gasteiger partial charge in [-0.05, 0) is 23.3 Å². The highest BCUT2D eigenvalue weighted by molar-refractivity contribution is 5.98. The van der Waals surface area contributed by atoms with E-state index in [4.69, 9.17) is 35.2 Å². The van der Waals surface area contributed by atoms with Crippen LogP contribution in [-0.4, -0.2) is 316 Å². The summed E-state index contributed by atoms with van der Waals surface area (Å²) >= 11 is 0. The molecule has 4 saturated heterocycles. The largest absolute Gasteiger partial charge is 0.462 e. The van der Waals surface area contributed by atoms with Crippen LogP contribution >= 0.6 is 0 Å². The standard InChI is InChI=1S/C54H78N12O25/c1-19(21-5-3-2-4-6-21)31-47(84)60-23(11-20-7-9-22(10-8-20)87-51-43(81)40(78)44(29(18-70)90-51)91-52-42(80)39(77)37(75)28(17-69)89-52)46(83)64-32(34(72)24-12-58-53(55)62-24)49(86)65-33(48(85)61-25(15-67)45(82)57-14-30(71)63-31)35(73)26-13-59-54(56)66(26)50-41(79)38(76)36(74)27(16-68)88-50/h2-10,19,23-29,31-44,50-52,67-70,72-81H,11-18H2,1H3,(H11,55,56,57,58,59,60,61,62,63,64,65,71,82,83,84,85,86)/p+1/t19-,23+,24-,25-,26-,27+,28+,29+,31-,32-,33+,34+,35+,36+,37+,38-,39-,40+,41-,42-,43-,44+,50-,51-,52+/m0/s1. The molecule has 2 aromatic carbocycles. The van der Waals surface area contributed by atoms with E-state index in [0.29, 0.717) is 5.56 Å². The summed E-state index contributed by atoms with van der Waals surface area (Å²) in [6.07, 6.45) is -31.6. The molecule has 4 fully saturated rings. The lowest BCUT2D eigenvalue weighted by molar-refractivity contribution is -0.663. The first-order valence-electron chi connectivity index (χ1n) is 29.0. The molecule has 25 atom stereocenters. The molecule has 0 spiro atoms. The summed E-state index contributed by atoms with van der Waals surface area (Å²) in [5.41, 5.74) is 12.9. The van der Waals surface area contributed by atoms with Gasteiger partial charge in [0.1, 0.15) is 134 Å². The van der Waals surface area contributed by atoms with E-state index >= 15 is 9.59 Å². The van der Waals surface area contributed by atoms with Crippen molar-refractivity contribution in [1.82, 2.24) is 42.5 Å². The van der Waals surface area contributed by atoms with Crippen molar-refractivity contribution in [1.29, 1.82) is 0 Å². The number of nitrogens with one attached hydrogen (secondary N) is 8. The number of guanidine groups is 2. The molecule has 37 nitrogen and oxygen atoms in total. The van der Waals surface area contributed by atoms with Crippen LogP contribution in [0.25, 0.3) is 0 Å². The van der Waals surface area contributed by atoms with Crippen molar-refractivity contribution in [3.63, 3.8) is 0 Å².